The van der Waals surface area contributed by atoms with Gasteiger partial charge < -0.3 is 9.80 Å². The quantitative estimate of drug-likeness (QED) is 0.785. The fraction of sp³-hybridized carbons (Fsp3) is 0.867. The Morgan fingerprint density at radius 2 is 1.42 bits per heavy atom. The Kier molecular flexibility index (Phi) is 5.83. The predicted octanol–water partition coefficient (Wildman–Crippen LogP) is 2.28. The molecule has 1 fully saturated rings. The van der Waals surface area contributed by atoms with Crippen LogP contribution >= 0.6 is 0 Å². The normalized spacial score (nSPS) is 16.6. The second-order valence-corrected chi connectivity index (χ2v) is 6.60. The molecule has 4 nitrogen and oxygen atoms in total. The summed E-state index contributed by atoms with van der Waals surface area (Å²) in [5.74, 6) is 0.456. The molecular weight excluding hydrogens is 240 g/mol. The summed E-state index contributed by atoms with van der Waals surface area (Å²) in [5.41, 5.74) is 0.0329. The minimum atomic E-state index is 0.0329. The first-order valence-corrected chi connectivity index (χ1v) is 7.39. The van der Waals surface area contributed by atoms with Crippen molar-refractivity contribution in [1.82, 2.24) is 9.80 Å². The van der Waals surface area contributed by atoms with E-state index in [-0.39, 0.29) is 17.2 Å². The predicted molar refractivity (Wildman–Crippen MR) is 76.8 cm³/mol. The van der Waals surface area contributed by atoms with Gasteiger partial charge in [0.1, 0.15) is 0 Å². The molecule has 1 aliphatic heterocycles. The molecule has 0 aliphatic carbocycles. The SMILES string of the molecule is CCCCC(=O)N1CCN(C(=O)CC(C)(C)C)CC1. The van der Waals surface area contributed by atoms with E-state index in [1.165, 1.54) is 0 Å². The van der Waals surface area contributed by atoms with Gasteiger partial charge in [-0.2, -0.15) is 0 Å². The van der Waals surface area contributed by atoms with Crippen LogP contribution in [0.25, 0.3) is 0 Å². The molecule has 110 valence electrons. The van der Waals surface area contributed by atoms with Crippen LogP contribution in [0.4, 0.5) is 0 Å². The van der Waals surface area contributed by atoms with Crippen LogP contribution < -0.4 is 0 Å². The van der Waals surface area contributed by atoms with Crippen LogP contribution in [0.2, 0.25) is 0 Å². The summed E-state index contributed by atoms with van der Waals surface area (Å²) >= 11 is 0. The minimum absolute atomic E-state index is 0.0329. The van der Waals surface area contributed by atoms with Gasteiger partial charge in [0.25, 0.3) is 0 Å². The first-order chi connectivity index (χ1) is 8.83. The second kappa shape index (κ2) is 6.92. The van der Waals surface area contributed by atoms with Crippen molar-refractivity contribution in [2.75, 3.05) is 26.2 Å². The molecule has 0 aromatic carbocycles. The third-order valence-corrected chi connectivity index (χ3v) is 3.41. The van der Waals surface area contributed by atoms with E-state index in [1.807, 2.05) is 9.80 Å². The van der Waals surface area contributed by atoms with Gasteiger partial charge in [0, 0.05) is 39.0 Å². The Labute approximate surface area is 117 Å². The molecule has 0 radical (unpaired) electrons. The molecule has 2 amide bonds. The highest BCUT2D eigenvalue weighted by Gasteiger charge is 2.26. The maximum absolute atomic E-state index is 12.1. The first kappa shape index (κ1) is 16.0. The number of hydrogen-bond donors (Lipinski definition) is 0. The largest absolute Gasteiger partial charge is 0.339 e. The van der Waals surface area contributed by atoms with Gasteiger partial charge in [-0.1, -0.05) is 34.1 Å². The maximum Gasteiger partial charge on any atom is 0.223 e. The van der Waals surface area contributed by atoms with Crippen molar-refractivity contribution in [3.63, 3.8) is 0 Å². The van der Waals surface area contributed by atoms with E-state index in [9.17, 15) is 9.59 Å². The monoisotopic (exact) mass is 268 g/mol. The average molecular weight is 268 g/mol. The number of piperazine rings is 1. The van der Waals surface area contributed by atoms with Crippen molar-refractivity contribution in [1.29, 1.82) is 0 Å². The first-order valence-electron chi connectivity index (χ1n) is 7.39. The van der Waals surface area contributed by atoms with Crippen LogP contribution in [0.1, 0.15) is 53.4 Å². The molecular formula is C15H28N2O2. The average Bonchev–Trinajstić information content (AvgIpc) is 2.34. The summed E-state index contributed by atoms with van der Waals surface area (Å²) in [5, 5.41) is 0. The lowest BCUT2D eigenvalue weighted by Crippen LogP contribution is -2.51. The van der Waals surface area contributed by atoms with E-state index < -0.39 is 0 Å². The van der Waals surface area contributed by atoms with Crippen LogP contribution in [-0.4, -0.2) is 47.8 Å². The zero-order valence-corrected chi connectivity index (χ0v) is 12.9. The van der Waals surface area contributed by atoms with E-state index in [1.54, 1.807) is 0 Å². The number of carbonyl (C=O) groups is 2. The van der Waals surface area contributed by atoms with E-state index in [4.69, 9.17) is 0 Å². The Bertz CT molecular complexity index is 313. The van der Waals surface area contributed by atoms with Crippen molar-refractivity contribution in [3.8, 4) is 0 Å². The fourth-order valence-corrected chi connectivity index (χ4v) is 2.26. The van der Waals surface area contributed by atoms with E-state index in [2.05, 4.69) is 27.7 Å². The highest BCUT2D eigenvalue weighted by Crippen LogP contribution is 2.20. The lowest BCUT2D eigenvalue weighted by Gasteiger charge is -2.36. The summed E-state index contributed by atoms with van der Waals surface area (Å²) in [6.07, 6.45) is 3.24. The van der Waals surface area contributed by atoms with E-state index in [0.29, 0.717) is 39.0 Å². The van der Waals surface area contributed by atoms with Gasteiger partial charge in [0.05, 0.1) is 0 Å². The zero-order valence-electron chi connectivity index (χ0n) is 12.9. The lowest BCUT2D eigenvalue weighted by atomic mass is 9.91. The molecule has 1 aliphatic rings. The van der Waals surface area contributed by atoms with Gasteiger partial charge in [-0.25, -0.2) is 0 Å². The molecule has 19 heavy (non-hydrogen) atoms. The highest BCUT2D eigenvalue weighted by atomic mass is 16.2. The number of amides is 2. The molecule has 0 unspecified atom stereocenters. The molecule has 4 heteroatoms. The van der Waals surface area contributed by atoms with Gasteiger partial charge in [0.15, 0.2) is 0 Å². The number of nitrogens with zero attached hydrogens (tertiary/aromatic N) is 2. The Morgan fingerprint density at radius 1 is 0.947 bits per heavy atom. The number of hydrogen-bond acceptors (Lipinski definition) is 2. The van der Waals surface area contributed by atoms with E-state index in [0.717, 1.165) is 12.8 Å². The lowest BCUT2D eigenvalue weighted by molar-refractivity contribution is -0.140. The maximum atomic E-state index is 12.1. The zero-order chi connectivity index (χ0) is 14.5. The Balaban J connectivity index is 2.36. The third kappa shape index (κ3) is 5.62. The van der Waals surface area contributed by atoms with Gasteiger partial charge in [0.2, 0.25) is 11.8 Å². The Morgan fingerprint density at radius 3 is 1.84 bits per heavy atom. The fourth-order valence-electron chi connectivity index (χ4n) is 2.26. The number of unbranched alkanes of at least 4 members (excludes halogenated alkanes) is 1. The summed E-state index contributed by atoms with van der Waals surface area (Å²) in [7, 11) is 0. The smallest absolute Gasteiger partial charge is 0.223 e. The highest BCUT2D eigenvalue weighted by molar-refractivity contribution is 5.78. The molecule has 0 bridgehead atoms. The molecule has 1 heterocycles. The van der Waals surface area contributed by atoms with Gasteiger partial charge in [-0.3, -0.25) is 9.59 Å². The van der Waals surface area contributed by atoms with Crippen molar-refractivity contribution in [2.45, 2.75) is 53.4 Å². The summed E-state index contributed by atoms with van der Waals surface area (Å²) < 4.78 is 0. The van der Waals surface area contributed by atoms with Crippen LogP contribution in [0.3, 0.4) is 0 Å². The molecule has 1 saturated heterocycles. The number of rotatable bonds is 4. The molecule has 0 aromatic heterocycles. The van der Waals surface area contributed by atoms with Gasteiger partial charge in [-0.05, 0) is 11.8 Å². The molecule has 0 atom stereocenters. The molecule has 0 N–H and O–H groups in total. The molecule has 0 aromatic rings. The Hall–Kier alpha value is -1.06. The number of carbonyl (C=O) groups excluding carboxylic acids is 2. The van der Waals surface area contributed by atoms with E-state index >= 15 is 0 Å². The van der Waals surface area contributed by atoms with Crippen molar-refractivity contribution >= 4 is 11.8 Å². The van der Waals surface area contributed by atoms with Crippen LogP contribution in [-0.2, 0) is 9.59 Å². The van der Waals surface area contributed by atoms with Gasteiger partial charge in [-0.15, -0.1) is 0 Å². The molecule has 1 rings (SSSR count). The van der Waals surface area contributed by atoms with Crippen molar-refractivity contribution < 1.29 is 9.59 Å². The molecule has 0 spiro atoms. The summed E-state index contributed by atoms with van der Waals surface area (Å²) in [4.78, 5) is 27.8. The van der Waals surface area contributed by atoms with Gasteiger partial charge >= 0.3 is 0 Å². The summed E-state index contributed by atoms with van der Waals surface area (Å²) in [6, 6.07) is 0. The van der Waals surface area contributed by atoms with Crippen LogP contribution in [0.15, 0.2) is 0 Å². The van der Waals surface area contributed by atoms with Crippen molar-refractivity contribution in [3.05, 3.63) is 0 Å². The summed E-state index contributed by atoms with van der Waals surface area (Å²) in [6.45, 7) is 11.1. The topological polar surface area (TPSA) is 40.6 Å². The van der Waals surface area contributed by atoms with Crippen LogP contribution in [0.5, 0.6) is 0 Å². The van der Waals surface area contributed by atoms with Crippen molar-refractivity contribution in [2.24, 2.45) is 5.41 Å². The molecule has 0 saturated carbocycles. The van der Waals surface area contributed by atoms with Crippen LogP contribution in [0, 0.1) is 5.41 Å². The standard InChI is InChI=1S/C15H28N2O2/c1-5-6-7-13(18)16-8-10-17(11-9-16)14(19)12-15(2,3)4/h5-12H2,1-4H3. The third-order valence-electron chi connectivity index (χ3n) is 3.41. The second-order valence-electron chi connectivity index (χ2n) is 6.60. The minimum Gasteiger partial charge on any atom is -0.339 e.